The number of anilines is 2. The Bertz CT molecular complexity index is 1740. The highest BCUT2D eigenvalue weighted by molar-refractivity contribution is 7.92. The van der Waals surface area contributed by atoms with Gasteiger partial charge in [0.1, 0.15) is 0 Å². The normalized spacial score (nSPS) is 18.0. The monoisotopic (exact) mass is 670 g/mol. The predicted molar refractivity (Wildman–Crippen MR) is 182 cm³/mol. The molecule has 2 aliphatic rings. The fourth-order valence-electron chi connectivity index (χ4n) is 6.23. The number of methoxy groups -OCH3 is 1. The number of amides is 2. The molecule has 0 aliphatic carbocycles. The third-order valence-corrected chi connectivity index (χ3v) is 9.30. The van der Waals surface area contributed by atoms with Crippen molar-refractivity contribution in [3.05, 3.63) is 47.5 Å². The quantitative estimate of drug-likeness (QED) is 0.313. The number of para-hydroxylation sites is 1. The molecule has 1 atom stereocenters. The first-order valence-electron chi connectivity index (χ1n) is 15.8. The van der Waals surface area contributed by atoms with Crippen molar-refractivity contribution in [1.82, 2.24) is 19.3 Å². The molecule has 2 saturated heterocycles. The number of rotatable bonds is 9. The van der Waals surface area contributed by atoms with Crippen LogP contribution in [0.4, 0.5) is 16.2 Å². The number of sulfonamides is 1. The minimum atomic E-state index is -3.62. The molecule has 47 heavy (non-hydrogen) atoms. The first kappa shape index (κ1) is 34.5. The summed E-state index contributed by atoms with van der Waals surface area (Å²) < 4.78 is 39.8. The zero-order valence-corrected chi connectivity index (χ0v) is 28.8. The van der Waals surface area contributed by atoms with Crippen LogP contribution in [-0.4, -0.2) is 110 Å². The van der Waals surface area contributed by atoms with Crippen LogP contribution in [0, 0.1) is 0 Å². The number of carbonyl (C=O) groups is 2. The lowest BCUT2D eigenvalue weighted by atomic mass is 9.86. The highest BCUT2D eigenvalue weighted by atomic mass is 32.2. The van der Waals surface area contributed by atoms with Crippen molar-refractivity contribution < 1.29 is 32.6 Å². The molecule has 3 N–H and O–H groups in total. The summed E-state index contributed by atoms with van der Waals surface area (Å²) in [5.41, 5.74) is 2.92. The van der Waals surface area contributed by atoms with Crippen LogP contribution >= 0.6 is 0 Å². The molecule has 0 saturated carbocycles. The summed E-state index contributed by atoms with van der Waals surface area (Å²) in [4.78, 5) is 32.3. The highest BCUT2D eigenvalue weighted by Gasteiger charge is 2.27. The zero-order valence-electron chi connectivity index (χ0n) is 28.0. The second-order valence-corrected chi connectivity index (χ2v) is 15.2. The molecular formula is C33H46N6O7S. The van der Waals surface area contributed by atoms with Crippen molar-refractivity contribution in [2.75, 3.05) is 69.2 Å². The van der Waals surface area contributed by atoms with E-state index in [9.17, 15) is 23.1 Å². The Morgan fingerprint density at radius 2 is 1.72 bits per heavy atom. The van der Waals surface area contributed by atoms with Crippen molar-refractivity contribution >= 4 is 44.3 Å². The van der Waals surface area contributed by atoms with Crippen molar-refractivity contribution in [2.45, 2.75) is 45.3 Å². The Balaban J connectivity index is 1.28. The molecule has 2 amide bonds. The number of aliphatic hydroxyl groups excluding tert-OH is 1. The maximum atomic E-state index is 13.3. The van der Waals surface area contributed by atoms with E-state index in [1.807, 2.05) is 60.4 Å². The average Bonchev–Trinajstić information content (AvgIpc) is 3.53. The number of aryl methyl sites for hydroxylation is 1. The molecule has 1 aromatic heterocycles. The number of hydrogen-bond acceptors (Lipinski definition) is 9. The van der Waals surface area contributed by atoms with Gasteiger partial charge in [-0.25, -0.2) is 13.2 Å². The van der Waals surface area contributed by atoms with Crippen LogP contribution in [0.1, 0.15) is 38.3 Å². The number of ether oxygens (including phenoxy) is 2. The number of piperazine rings is 1. The van der Waals surface area contributed by atoms with Crippen molar-refractivity contribution in [1.29, 1.82) is 0 Å². The fourth-order valence-corrected chi connectivity index (χ4v) is 6.78. The minimum Gasteiger partial charge on any atom is -0.492 e. The molecule has 13 nitrogen and oxygen atoms in total. The van der Waals surface area contributed by atoms with Crippen molar-refractivity contribution in [3.8, 4) is 11.6 Å². The van der Waals surface area contributed by atoms with E-state index in [2.05, 4.69) is 21.0 Å². The number of likely N-dealkylation sites (tertiary alicyclic amines) is 1. The molecule has 0 bridgehead atoms. The van der Waals surface area contributed by atoms with E-state index in [0.717, 1.165) is 54.3 Å². The van der Waals surface area contributed by atoms with E-state index in [1.165, 1.54) is 7.11 Å². The summed E-state index contributed by atoms with van der Waals surface area (Å²) in [5.74, 6) is 0.609. The van der Waals surface area contributed by atoms with Crippen LogP contribution in [0.2, 0.25) is 0 Å². The minimum absolute atomic E-state index is 0.106. The number of nitrogens with one attached hydrogen (secondary N) is 2. The van der Waals surface area contributed by atoms with Gasteiger partial charge in [0.25, 0.3) is 0 Å². The lowest BCUT2D eigenvalue weighted by molar-refractivity contribution is -0.134. The van der Waals surface area contributed by atoms with Gasteiger partial charge in [0.15, 0.2) is 5.75 Å². The van der Waals surface area contributed by atoms with Gasteiger partial charge < -0.3 is 24.0 Å². The molecular weight excluding hydrogens is 624 g/mol. The average molecular weight is 671 g/mol. The summed E-state index contributed by atoms with van der Waals surface area (Å²) in [6, 6.07) is 11.3. The number of aliphatic hydroxyl groups is 1. The maximum Gasteiger partial charge on any atom is 0.418 e. The third kappa shape index (κ3) is 8.36. The smallest absolute Gasteiger partial charge is 0.418 e. The molecule has 3 aromatic rings. The number of aromatic nitrogens is 1. The van der Waals surface area contributed by atoms with Crippen LogP contribution in [0.25, 0.3) is 10.9 Å². The Labute approximate surface area is 276 Å². The van der Waals surface area contributed by atoms with Gasteiger partial charge in [0.2, 0.25) is 21.8 Å². The van der Waals surface area contributed by atoms with E-state index in [-0.39, 0.29) is 34.6 Å². The van der Waals surface area contributed by atoms with Crippen LogP contribution in [0.15, 0.2) is 36.4 Å². The summed E-state index contributed by atoms with van der Waals surface area (Å²) in [6.07, 6.45) is 0.677. The molecule has 0 spiro atoms. The van der Waals surface area contributed by atoms with Gasteiger partial charge in [-0.3, -0.25) is 24.6 Å². The second-order valence-electron chi connectivity index (χ2n) is 13.5. The summed E-state index contributed by atoms with van der Waals surface area (Å²) in [7, 11) is -0.376. The molecule has 256 valence electrons. The topological polar surface area (TPSA) is 146 Å². The molecule has 3 heterocycles. The van der Waals surface area contributed by atoms with Crippen LogP contribution in [0.5, 0.6) is 11.6 Å². The van der Waals surface area contributed by atoms with Crippen LogP contribution in [-0.2, 0) is 33.8 Å². The Kier molecular flexibility index (Phi) is 10.1. The van der Waals surface area contributed by atoms with Gasteiger partial charge >= 0.3 is 6.09 Å². The summed E-state index contributed by atoms with van der Waals surface area (Å²) in [6.45, 7) is 11.1. The van der Waals surface area contributed by atoms with Crippen molar-refractivity contribution in [2.24, 2.45) is 7.05 Å². The SMILES string of the molecule is COc1c(NC(=O)Oc2cc3cccc(CN4CCN(C(=O)CN5CC[C@H](O)C5)CC4)c3n2C)cc(C(C)(C)C)cc1NS(C)(=O)=O. The number of benzene rings is 2. The molecule has 2 aliphatic heterocycles. The van der Waals surface area contributed by atoms with Gasteiger partial charge in [-0.15, -0.1) is 0 Å². The number of carbonyl (C=O) groups excluding carboxylic acids is 2. The Morgan fingerprint density at radius 3 is 2.34 bits per heavy atom. The van der Waals surface area contributed by atoms with Gasteiger partial charge in [0.05, 0.1) is 42.9 Å². The van der Waals surface area contributed by atoms with Gasteiger partial charge in [-0.2, -0.15) is 0 Å². The van der Waals surface area contributed by atoms with E-state index in [4.69, 9.17) is 9.47 Å². The maximum absolute atomic E-state index is 13.3. The lowest BCUT2D eigenvalue weighted by Gasteiger charge is -2.35. The lowest BCUT2D eigenvalue weighted by Crippen LogP contribution is -2.50. The number of β-amino-alcohol motifs (C(OH)–C–C–N with tert-alkyl or cyclic N) is 1. The standard InChI is InChI=1S/C33H46N6O7S/c1-33(2,3)24-17-26(31(45-5)27(18-24)35-47(6,43)44)34-32(42)46-29-16-22-8-7-9-23(30(22)36(29)4)19-37-12-14-39(15-13-37)28(41)21-38-11-10-25(40)20-38/h7-9,16-18,25,35,40H,10-15,19-21H2,1-6H3,(H,34,42)/t25-/m0/s1. The Morgan fingerprint density at radius 1 is 1.02 bits per heavy atom. The third-order valence-electron chi connectivity index (χ3n) is 8.71. The van der Waals surface area contributed by atoms with Gasteiger partial charge in [-0.1, -0.05) is 39.0 Å². The van der Waals surface area contributed by atoms with E-state index < -0.39 is 16.1 Å². The molecule has 0 unspecified atom stereocenters. The zero-order chi connectivity index (χ0) is 34.1. The highest BCUT2D eigenvalue weighted by Crippen LogP contribution is 2.39. The Hall–Kier alpha value is -3.85. The van der Waals surface area contributed by atoms with E-state index in [1.54, 1.807) is 12.1 Å². The molecule has 5 rings (SSSR count). The second kappa shape index (κ2) is 13.7. The number of fused-ring (bicyclic) bond motifs is 1. The first-order valence-corrected chi connectivity index (χ1v) is 17.7. The number of hydrogen-bond donors (Lipinski definition) is 3. The van der Waals surface area contributed by atoms with Crippen molar-refractivity contribution in [3.63, 3.8) is 0 Å². The van der Waals surface area contributed by atoms with Crippen LogP contribution in [0.3, 0.4) is 0 Å². The van der Waals surface area contributed by atoms with E-state index >= 15 is 0 Å². The first-order chi connectivity index (χ1) is 22.1. The largest absolute Gasteiger partial charge is 0.492 e. The molecule has 2 fully saturated rings. The summed E-state index contributed by atoms with van der Waals surface area (Å²) >= 11 is 0. The molecule has 2 aromatic carbocycles. The fraction of sp³-hybridized carbons (Fsp3) is 0.515. The summed E-state index contributed by atoms with van der Waals surface area (Å²) in [5, 5.41) is 13.4. The predicted octanol–water partition coefficient (Wildman–Crippen LogP) is 3.18. The van der Waals surface area contributed by atoms with Crippen LogP contribution < -0.4 is 19.5 Å². The molecule has 0 radical (unpaired) electrons. The van der Waals surface area contributed by atoms with E-state index in [0.29, 0.717) is 38.6 Å². The number of nitrogens with zero attached hydrogens (tertiary/aromatic N) is 4. The molecule has 14 heteroatoms. The van der Waals surface area contributed by atoms with Gasteiger partial charge in [0, 0.05) is 64.3 Å². The van der Waals surface area contributed by atoms with Gasteiger partial charge in [-0.05, 0) is 35.1 Å².